The number of halogens is 1. The largest absolute Gasteiger partial charge is 0.383 e. The van der Waals surface area contributed by atoms with Crippen molar-refractivity contribution in [3.8, 4) is 5.69 Å². The number of nitrogen functional groups attached to an aromatic ring is 1. The van der Waals surface area contributed by atoms with E-state index in [-0.39, 0.29) is 34.0 Å². The van der Waals surface area contributed by atoms with Gasteiger partial charge in [-0.15, -0.1) is 0 Å². The maximum Gasteiger partial charge on any atom is 0.269 e. The lowest BCUT2D eigenvalue weighted by Gasteiger charge is -2.21. The van der Waals surface area contributed by atoms with Crippen molar-refractivity contribution >= 4 is 23.1 Å². The summed E-state index contributed by atoms with van der Waals surface area (Å²) >= 11 is 0. The van der Waals surface area contributed by atoms with Crippen molar-refractivity contribution in [3.05, 3.63) is 75.2 Å². The van der Waals surface area contributed by atoms with Crippen LogP contribution >= 0.6 is 0 Å². The van der Waals surface area contributed by atoms with Crippen LogP contribution in [0.1, 0.15) is 16.8 Å². The van der Waals surface area contributed by atoms with E-state index in [2.05, 4.69) is 10.4 Å². The summed E-state index contributed by atoms with van der Waals surface area (Å²) in [5.41, 5.74) is 4.85. The molecule has 0 fully saturated rings. The summed E-state index contributed by atoms with van der Waals surface area (Å²) in [6.07, 6.45) is 0. The average Bonchev–Trinajstić information content (AvgIpc) is 3.09. The number of hydrogen-bond acceptors (Lipinski definition) is 6. The van der Waals surface area contributed by atoms with E-state index < -0.39 is 22.2 Å². The number of benzene rings is 2. The SMILES string of the molecule is Cc1nn(-c2ccc([N+](=O)[O-])cc2)c(N)c1[C@]1(O)C(=O)Nc2ccc(F)cc21. The van der Waals surface area contributed by atoms with Crippen molar-refractivity contribution in [2.24, 2.45) is 0 Å². The monoisotopic (exact) mass is 383 g/mol. The van der Waals surface area contributed by atoms with Crippen LogP contribution in [-0.2, 0) is 10.4 Å². The van der Waals surface area contributed by atoms with Gasteiger partial charge in [-0.05, 0) is 37.3 Å². The summed E-state index contributed by atoms with van der Waals surface area (Å²) in [6.45, 7) is 1.55. The first-order valence-electron chi connectivity index (χ1n) is 8.17. The van der Waals surface area contributed by atoms with Crippen LogP contribution in [0, 0.1) is 22.9 Å². The molecule has 4 rings (SSSR count). The summed E-state index contributed by atoms with van der Waals surface area (Å²) in [5, 5.41) is 28.8. The van der Waals surface area contributed by atoms with Crippen LogP contribution < -0.4 is 11.1 Å². The molecule has 142 valence electrons. The summed E-state index contributed by atoms with van der Waals surface area (Å²) in [4.78, 5) is 22.9. The maximum atomic E-state index is 13.8. The van der Waals surface area contributed by atoms with Crippen molar-refractivity contribution in [3.63, 3.8) is 0 Å². The summed E-state index contributed by atoms with van der Waals surface area (Å²) in [7, 11) is 0. The number of aryl methyl sites for hydroxylation is 1. The number of carbonyl (C=O) groups is 1. The number of fused-ring (bicyclic) bond motifs is 1. The van der Waals surface area contributed by atoms with Crippen LogP contribution in [0.4, 0.5) is 21.6 Å². The molecule has 1 atom stereocenters. The highest BCUT2D eigenvalue weighted by atomic mass is 19.1. The van der Waals surface area contributed by atoms with E-state index in [1.165, 1.54) is 41.1 Å². The van der Waals surface area contributed by atoms with Gasteiger partial charge >= 0.3 is 0 Å². The molecule has 0 unspecified atom stereocenters. The van der Waals surface area contributed by atoms with Crippen molar-refractivity contribution < 1.29 is 19.2 Å². The topological polar surface area (TPSA) is 136 Å². The fourth-order valence-electron chi connectivity index (χ4n) is 3.41. The van der Waals surface area contributed by atoms with Gasteiger partial charge < -0.3 is 16.2 Å². The fourth-order valence-corrected chi connectivity index (χ4v) is 3.41. The molecule has 1 amide bonds. The second-order valence-electron chi connectivity index (χ2n) is 6.39. The van der Waals surface area contributed by atoms with Gasteiger partial charge in [-0.2, -0.15) is 5.10 Å². The first-order chi connectivity index (χ1) is 13.2. The standard InChI is InChI=1S/C18H14FN5O4/c1-9-15(18(26)13-8-10(19)2-7-14(13)21-17(18)25)16(20)23(22-9)11-3-5-12(6-4-11)24(27)28/h2-8,26H,20H2,1H3,(H,21,25)/t18-/m0/s1. The Morgan fingerprint density at radius 2 is 1.96 bits per heavy atom. The van der Waals surface area contributed by atoms with Crippen molar-refractivity contribution in [1.82, 2.24) is 9.78 Å². The number of nitro benzene ring substituents is 1. The number of nitrogens with two attached hydrogens (primary N) is 1. The van der Waals surface area contributed by atoms with Crippen LogP contribution in [0.2, 0.25) is 0 Å². The van der Waals surface area contributed by atoms with E-state index in [1.807, 2.05) is 0 Å². The van der Waals surface area contributed by atoms with Crippen LogP contribution in [0.3, 0.4) is 0 Å². The third-order valence-corrected chi connectivity index (χ3v) is 4.71. The molecule has 10 heteroatoms. The number of amides is 1. The molecule has 9 nitrogen and oxygen atoms in total. The lowest BCUT2D eigenvalue weighted by Crippen LogP contribution is -2.36. The molecule has 0 spiro atoms. The summed E-state index contributed by atoms with van der Waals surface area (Å²) < 4.78 is 15.0. The Bertz CT molecular complexity index is 1140. The lowest BCUT2D eigenvalue weighted by atomic mass is 9.87. The molecule has 0 bridgehead atoms. The lowest BCUT2D eigenvalue weighted by molar-refractivity contribution is -0.384. The van der Waals surface area contributed by atoms with Gasteiger partial charge in [0.1, 0.15) is 11.6 Å². The molecule has 1 aromatic heterocycles. The minimum absolute atomic E-state index is 0.0210. The van der Waals surface area contributed by atoms with Gasteiger partial charge in [0, 0.05) is 23.4 Å². The number of rotatable bonds is 3. The van der Waals surface area contributed by atoms with E-state index in [9.17, 15) is 24.4 Å². The van der Waals surface area contributed by atoms with Gasteiger partial charge in [0.25, 0.3) is 11.6 Å². The first-order valence-corrected chi connectivity index (χ1v) is 8.17. The third-order valence-electron chi connectivity index (χ3n) is 4.71. The number of nitro groups is 1. The van der Waals surface area contributed by atoms with Crippen molar-refractivity contribution in [1.29, 1.82) is 0 Å². The molecule has 2 heterocycles. The number of non-ortho nitro benzene ring substituents is 1. The number of carbonyl (C=O) groups excluding carboxylic acids is 1. The molecule has 0 aliphatic carbocycles. The van der Waals surface area contributed by atoms with E-state index in [1.54, 1.807) is 6.92 Å². The molecule has 2 aromatic carbocycles. The number of nitrogens with zero attached hydrogens (tertiary/aromatic N) is 3. The van der Waals surface area contributed by atoms with Gasteiger partial charge in [0.15, 0.2) is 0 Å². The van der Waals surface area contributed by atoms with E-state index in [0.717, 1.165) is 6.07 Å². The number of nitrogens with one attached hydrogen (secondary N) is 1. The molecule has 0 saturated heterocycles. The molecule has 28 heavy (non-hydrogen) atoms. The Balaban J connectivity index is 1.88. The summed E-state index contributed by atoms with van der Waals surface area (Å²) in [6, 6.07) is 9.04. The van der Waals surface area contributed by atoms with Crippen LogP contribution in [0.15, 0.2) is 42.5 Å². The van der Waals surface area contributed by atoms with Crippen LogP contribution in [0.25, 0.3) is 5.69 Å². The van der Waals surface area contributed by atoms with E-state index >= 15 is 0 Å². The van der Waals surface area contributed by atoms with Gasteiger partial charge in [-0.3, -0.25) is 14.9 Å². The fraction of sp³-hybridized carbons (Fsp3) is 0.111. The van der Waals surface area contributed by atoms with Gasteiger partial charge in [0.2, 0.25) is 5.60 Å². The Labute approximate surface area is 157 Å². The highest BCUT2D eigenvalue weighted by Gasteiger charge is 2.50. The normalized spacial score (nSPS) is 18.0. The number of aliphatic hydroxyl groups is 1. The predicted octanol–water partition coefficient (Wildman–Crippen LogP) is 2.00. The number of anilines is 2. The molecular formula is C18H14FN5O4. The van der Waals surface area contributed by atoms with Gasteiger partial charge in [-0.1, -0.05) is 0 Å². The third kappa shape index (κ3) is 2.35. The number of aromatic nitrogens is 2. The zero-order chi connectivity index (χ0) is 20.2. The van der Waals surface area contributed by atoms with Crippen LogP contribution in [-0.4, -0.2) is 25.7 Å². The van der Waals surface area contributed by atoms with Crippen molar-refractivity contribution in [2.45, 2.75) is 12.5 Å². The molecular weight excluding hydrogens is 369 g/mol. The molecule has 0 saturated carbocycles. The number of hydrogen-bond donors (Lipinski definition) is 3. The van der Waals surface area contributed by atoms with Crippen molar-refractivity contribution in [2.75, 3.05) is 11.1 Å². The molecule has 1 aliphatic heterocycles. The smallest absolute Gasteiger partial charge is 0.269 e. The minimum Gasteiger partial charge on any atom is -0.383 e. The van der Waals surface area contributed by atoms with Gasteiger partial charge in [0.05, 0.1) is 21.9 Å². The van der Waals surface area contributed by atoms with E-state index in [0.29, 0.717) is 5.69 Å². The highest BCUT2D eigenvalue weighted by Crippen LogP contribution is 2.44. The Kier molecular flexibility index (Phi) is 3.69. The second-order valence-corrected chi connectivity index (χ2v) is 6.39. The second kappa shape index (κ2) is 5.86. The Morgan fingerprint density at radius 1 is 1.29 bits per heavy atom. The minimum atomic E-state index is -2.22. The Hall–Kier alpha value is -3.79. The quantitative estimate of drug-likeness (QED) is 0.467. The maximum absolute atomic E-state index is 13.8. The first kappa shape index (κ1) is 17.6. The van der Waals surface area contributed by atoms with Gasteiger partial charge in [-0.25, -0.2) is 9.07 Å². The zero-order valence-electron chi connectivity index (χ0n) is 14.5. The average molecular weight is 383 g/mol. The summed E-state index contributed by atoms with van der Waals surface area (Å²) in [5.74, 6) is -1.43. The Morgan fingerprint density at radius 3 is 2.61 bits per heavy atom. The molecule has 1 aliphatic rings. The van der Waals surface area contributed by atoms with E-state index in [4.69, 9.17) is 5.73 Å². The predicted molar refractivity (Wildman–Crippen MR) is 97.4 cm³/mol. The highest BCUT2D eigenvalue weighted by molar-refractivity contribution is 6.08. The van der Waals surface area contributed by atoms with Crippen LogP contribution in [0.5, 0.6) is 0 Å². The molecule has 4 N–H and O–H groups in total. The molecule has 3 aromatic rings. The zero-order valence-corrected chi connectivity index (χ0v) is 14.5. The molecule has 0 radical (unpaired) electrons.